The molecule has 0 heterocycles. The Morgan fingerprint density at radius 3 is 1.10 bits per heavy atom. The molecule has 0 radical (unpaired) electrons. The van der Waals surface area contributed by atoms with E-state index >= 15 is 0 Å². The normalized spacial score (nSPS) is 13.2. The van der Waals surface area contributed by atoms with Crippen LogP contribution in [0.5, 0.6) is 0 Å². The van der Waals surface area contributed by atoms with Crippen molar-refractivity contribution in [1.82, 2.24) is 0 Å². The number of alkyl halides is 4. The maximum atomic E-state index is 10.7. The van der Waals surface area contributed by atoms with Gasteiger partial charge < -0.3 is 10.2 Å². The lowest BCUT2D eigenvalue weighted by Gasteiger charge is -1.97. The fourth-order valence-electron chi connectivity index (χ4n) is 0.129. The first kappa shape index (κ1) is 24.5. The summed E-state index contributed by atoms with van der Waals surface area (Å²) in [7, 11) is -10.1. The average molecular weight is 354 g/mol. The van der Waals surface area contributed by atoms with Crippen LogP contribution in [0, 0.1) is 0 Å². The van der Waals surface area contributed by atoms with Crippen molar-refractivity contribution in [3.8, 4) is 0 Å². The van der Waals surface area contributed by atoms with E-state index < -0.39 is 37.9 Å². The second-order valence-corrected chi connectivity index (χ2v) is 5.57. The molecule has 8 nitrogen and oxygen atoms in total. The minimum absolute atomic E-state index is 0.115. The van der Waals surface area contributed by atoms with Crippen molar-refractivity contribution in [2.75, 3.05) is 6.61 Å². The smallest absolute Gasteiger partial charge is 0.361 e. The average Bonchev–Trinajstić information content (AvgIpc) is 2.27. The van der Waals surface area contributed by atoms with Gasteiger partial charge in [0.2, 0.25) is 0 Å². The van der Waals surface area contributed by atoms with Crippen LogP contribution in [0.25, 0.3) is 0 Å². The predicted molar refractivity (Wildman–Crippen MR) is 58.5 cm³/mol. The van der Waals surface area contributed by atoms with Gasteiger partial charge in [-0.15, -0.1) is 0 Å². The lowest BCUT2D eigenvalue weighted by molar-refractivity contribution is 0.0923. The summed E-state index contributed by atoms with van der Waals surface area (Å²) in [5.74, 6) is -7.35. The van der Waals surface area contributed by atoms with Crippen LogP contribution >= 0.6 is 0 Å². The summed E-state index contributed by atoms with van der Waals surface area (Å²) in [4.78, 5) is 0. The van der Waals surface area contributed by atoms with E-state index in [2.05, 4.69) is 0 Å². The van der Waals surface area contributed by atoms with Crippen molar-refractivity contribution < 1.29 is 53.7 Å². The number of aliphatic hydroxyl groups is 2. The van der Waals surface area contributed by atoms with Crippen LogP contribution < -0.4 is 0 Å². The molecule has 0 bridgehead atoms. The molecule has 0 saturated heterocycles. The molecule has 0 fully saturated rings. The molecular formula is C6H14F4O8S2. The molecule has 0 rings (SSSR count). The number of hydrogen-bond acceptors (Lipinski definition) is 6. The topological polar surface area (TPSA) is 149 Å². The Bertz CT molecular complexity index is 380. The quantitative estimate of drug-likeness (QED) is 0.405. The van der Waals surface area contributed by atoms with Gasteiger partial charge in [-0.3, -0.25) is 9.11 Å². The highest BCUT2D eigenvalue weighted by molar-refractivity contribution is 7.86. The van der Waals surface area contributed by atoms with Gasteiger partial charge in [-0.25, -0.2) is 0 Å². The molecule has 20 heavy (non-hydrogen) atoms. The predicted octanol–water partition coefficient (Wildman–Crippen LogP) is -0.0568. The fourth-order valence-corrected chi connectivity index (χ4v) is 0.129. The Hall–Kier alpha value is -0.540. The molecule has 0 aromatic heterocycles. The van der Waals surface area contributed by atoms with E-state index in [4.69, 9.17) is 36.2 Å². The molecule has 1 unspecified atom stereocenters. The minimum atomic E-state index is -5.07. The first-order chi connectivity index (χ1) is 8.69. The Balaban J connectivity index is -0.000000218. The maximum Gasteiger partial charge on any atom is 0.361 e. The molecule has 0 aromatic carbocycles. The molecule has 14 heteroatoms. The van der Waals surface area contributed by atoms with E-state index in [1.54, 1.807) is 0 Å². The fraction of sp³-hybridized carbons (Fsp3) is 1.00. The van der Waals surface area contributed by atoms with Gasteiger partial charge in [0.25, 0.3) is 0 Å². The number of aliphatic hydroxyl groups excluding tert-OH is 2. The van der Waals surface area contributed by atoms with Gasteiger partial charge in [0.05, 0.1) is 12.7 Å². The van der Waals surface area contributed by atoms with Crippen molar-refractivity contribution in [3.05, 3.63) is 0 Å². The summed E-state index contributed by atoms with van der Waals surface area (Å²) in [5, 5.41) is 16.5. The lowest BCUT2D eigenvalue weighted by Crippen LogP contribution is -2.08. The van der Waals surface area contributed by atoms with Crippen molar-refractivity contribution in [3.63, 3.8) is 0 Å². The van der Waals surface area contributed by atoms with E-state index in [1.807, 2.05) is 6.92 Å². The van der Waals surface area contributed by atoms with E-state index in [9.17, 15) is 17.6 Å². The summed E-state index contributed by atoms with van der Waals surface area (Å²) in [5.41, 5.74) is 0. The van der Waals surface area contributed by atoms with Gasteiger partial charge in [-0.1, -0.05) is 6.92 Å². The molecular weight excluding hydrogens is 340 g/mol. The Labute approximate surface area is 112 Å². The van der Waals surface area contributed by atoms with E-state index in [0.29, 0.717) is 6.42 Å². The SMILES string of the molecule is CCC(O)CO.O=S(=O)(O)C(F)F.O=S(=O)(O)C(F)F. The van der Waals surface area contributed by atoms with Crippen molar-refractivity contribution >= 4 is 20.2 Å². The van der Waals surface area contributed by atoms with Crippen LogP contribution in [0.15, 0.2) is 0 Å². The zero-order valence-corrected chi connectivity index (χ0v) is 11.5. The summed E-state index contributed by atoms with van der Waals surface area (Å²) in [6.07, 6.45) is 0.126. The summed E-state index contributed by atoms with van der Waals surface area (Å²) in [6, 6.07) is 0. The van der Waals surface area contributed by atoms with Crippen LogP contribution in [0.4, 0.5) is 17.6 Å². The maximum absolute atomic E-state index is 10.7. The molecule has 0 aromatic rings. The number of halogens is 4. The molecule has 4 N–H and O–H groups in total. The van der Waals surface area contributed by atoms with Crippen molar-refractivity contribution in [2.45, 2.75) is 31.0 Å². The largest absolute Gasteiger partial charge is 0.394 e. The second kappa shape index (κ2) is 11.2. The monoisotopic (exact) mass is 354 g/mol. The second-order valence-electron chi connectivity index (χ2n) is 2.80. The molecule has 0 amide bonds. The zero-order chi connectivity index (χ0) is 17.1. The summed E-state index contributed by atoms with van der Waals surface area (Å²) >= 11 is 0. The number of hydrogen-bond donors (Lipinski definition) is 4. The summed E-state index contributed by atoms with van der Waals surface area (Å²) < 4.78 is 94.0. The highest BCUT2D eigenvalue weighted by Crippen LogP contribution is 1.99. The van der Waals surface area contributed by atoms with Gasteiger partial charge in [-0.2, -0.15) is 34.4 Å². The zero-order valence-electron chi connectivity index (χ0n) is 9.90. The van der Waals surface area contributed by atoms with Crippen LogP contribution in [0.1, 0.15) is 13.3 Å². The Morgan fingerprint density at radius 1 is 0.900 bits per heavy atom. The third-order valence-corrected chi connectivity index (χ3v) is 2.03. The standard InChI is InChI=1S/C4H10O2.2CH2F2O3S/c1-2-4(6)3-5;2*2-1(3)7(4,5)6/h4-6H,2-3H2,1H3;2*1H,(H,4,5,6). The van der Waals surface area contributed by atoms with E-state index in [1.165, 1.54) is 0 Å². The molecule has 0 aliphatic heterocycles. The third kappa shape index (κ3) is 19.8. The van der Waals surface area contributed by atoms with Gasteiger partial charge in [0.1, 0.15) is 0 Å². The Kier molecular flexibility index (Phi) is 13.7. The molecule has 0 saturated carbocycles. The van der Waals surface area contributed by atoms with E-state index in [-0.39, 0.29) is 6.61 Å². The minimum Gasteiger partial charge on any atom is -0.394 e. The van der Waals surface area contributed by atoms with Crippen LogP contribution in [0.2, 0.25) is 0 Å². The lowest BCUT2D eigenvalue weighted by atomic mass is 10.3. The van der Waals surface area contributed by atoms with Gasteiger partial charge in [0.15, 0.2) is 0 Å². The first-order valence-electron chi connectivity index (χ1n) is 4.47. The van der Waals surface area contributed by atoms with Gasteiger partial charge in [0, 0.05) is 0 Å². The molecule has 126 valence electrons. The molecule has 0 aliphatic rings. The summed E-state index contributed by atoms with van der Waals surface area (Å²) in [6.45, 7) is 1.71. The third-order valence-electron chi connectivity index (χ3n) is 1.13. The van der Waals surface area contributed by atoms with Crippen LogP contribution in [0.3, 0.4) is 0 Å². The van der Waals surface area contributed by atoms with Crippen molar-refractivity contribution in [2.24, 2.45) is 0 Å². The van der Waals surface area contributed by atoms with Gasteiger partial charge >= 0.3 is 31.8 Å². The van der Waals surface area contributed by atoms with Gasteiger partial charge in [-0.05, 0) is 6.42 Å². The number of rotatable bonds is 4. The first-order valence-corrected chi connectivity index (χ1v) is 7.48. The van der Waals surface area contributed by atoms with Crippen LogP contribution in [-0.2, 0) is 20.2 Å². The highest BCUT2D eigenvalue weighted by Gasteiger charge is 2.19. The van der Waals surface area contributed by atoms with E-state index in [0.717, 1.165) is 0 Å². The molecule has 1 atom stereocenters. The molecule has 0 aliphatic carbocycles. The van der Waals surface area contributed by atoms with Crippen LogP contribution in [-0.4, -0.2) is 60.4 Å². The molecule has 0 spiro atoms. The Morgan fingerprint density at radius 2 is 1.10 bits per heavy atom. The van der Waals surface area contributed by atoms with Crippen molar-refractivity contribution in [1.29, 1.82) is 0 Å². The highest BCUT2D eigenvalue weighted by atomic mass is 32.2.